The van der Waals surface area contributed by atoms with Crippen LogP contribution in [-0.2, 0) is 19.9 Å². The highest BCUT2D eigenvalue weighted by atomic mass is 16.2. The number of hydrogen-bond acceptors (Lipinski definition) is 1. The second-order valence-electron chi connectivity index (χ2n) is 8.33. The lowest BCUT2D eigenvalue weighted by molar-refractivity contribution is 0.0662. The van der Waals surface area contributed by atoms with Crippen molar-refractivity contribution in [2.24, 2.45) is 7.05 Å². The maximum absolute atomic E-state index is 13.8. The summed E-state index contributed by atoms with van der Waals surface area (Å²) in [6.45, 7) is 2.87. The topological polar surface area (TPSA) is 25.2 Å². The number of amides is 1. The molecule has 3 nitrogen and oxygen atoms in total. The van der Waals surface area contributed by atoms with E-state index in [1.54, 1.807) is 0 Å². The van der Waals surface area contributed by atoms with E-state index in [9.17, 15) is 4.79 Å². The Morgan fingerprint density at radius 2 is 1.80 bits per heavy atom. The first-order valence-electron chi connectivity index (χ1n) is 10.6. The smallest absolute Gasteiger partial charge is 0.256 e. The predicted octanol–water partition coefficient (Wildman–Crippen LogP) is 5.47. The fourth-order valence-corrected chi connectivity index (χ4v) is 4.84. The maximum atomic E-state index is 13.8. The zero-order valence-electron chi connectivity index (χ0n) is 17.5. The van der Waals surface area contributed by atoms with Gasteiger partial charge >= 0.3 is 0 Å². The van der Waals surface area contributed by atoms with E-state index in [0.29, 0.717) is 0 Å². The molecule has 0 saturated heterocycles. The van der Waals surface area contributed by atoms with Crippen LogP contribution in [0.5, 0.6) is 0 Å². The molecule has 1 amide bonds. The molecule has 0 radical (unpaired) electrons. The second kappa shape index (κ2) is 7.49. The number of aryl methyl sites for hydroxylation is 2. The molecule has 0 aliphatic carbocycles. The largest absolute Gasteiger partial charge is 0.350 e. The van der Waals surface area contributed by atoms with Crippen LogP contribution >= 0.6 is 0 Å². The Labute approximate surface area is 177 Å². The monoisotopic (exact) mass is 394 g/mol. The molecule has 1 aliphatic rings. The number of rotatable bonds is 3. The average Bonchev–Trinajstić information content (AvgIpc) is 3.10. The Balaban J connectivity index is 1.57. The Hall–Kier alpha value is -3.33. The van der Waals surface area contributed by atoms with Gasteiger partial charge in [0.05, 0.1) is 11.6 Å². The van der Waals surface area contributed by atoms with Crippen molar-refractivity contribution >= 4 is 16.8 Å². The first kappa shape index (κ1) is 18.7. The van der Waals surface area contributed by atoms with Crippen LogP contribution in [0.3, 0.4) is 0 Å². The minimum absolute atomic E-state index is 0.0446. The predicted molar refractivity (Wildman–Crippen MR) is 122 cm³/mol. The van der Waals surface area contributed by atoms with Gasteiger partial charge in [-0.15, -0.1) is 0 Å². The van der Waals surface area contributed by atoms with E-state index in [2.05, 4.69) is 77.1 Å². The van der Waals surface area contributed by atoms with Crippen molar-refractivity contribution in [3.63, 3.8) is 0 Å². The molecular weight excluding hydrogens is 368 g/mol. The minimum Gasteiger partial charge on any atom is -0.350 e. The zero-order chi connectivity index (χ0) is 20.7. The van der Waals surface area contributed by atoms with Gasteiger partial charge in [-0.05, 0) is 42.5 Å². The van der Waals surface area contributed by atoms with Gasteiger partial charge in [0.2, 0.25) is 0 Å². The SMILES string of the molecule is Cc1cccc(CC2c3ccccc3CCN2C(=O)c2cn(C)c3ccccc23)c1. The molecule has 1 aromatic heterocycles. The Morgan fingerprint density at radius 3 is 2.67 bits per heavy atom. The van der Waals surface area contributed by atoms with Gasteiger partial charge in [0.25, 0.3) is 5.91 Å². The molecule has 0 N–H and O–H groups in total. The number of hydrogen-bond donors (Lipinski definition) is 0. The summed E-state index contributed by atoms with van der Waals surface area (Å²) in [5.74, 6) is 0.124. The van der Waals surface area contributed by atoms with Crippen LogP contribution in [0.4, 0.5) is 0 Å². The van der Waals surface area contributed by atoms with Crippen LogP contribution in [0, 0.1) is 6.92 Å². The maximum Gasteiger partial charge on any atom is 0.256 e. The molecule has 2 heterocycles. The summed E-state index contributed by atoms with van der Waals surface area (Å²) in [4.78, 5) is 15.9. The Morgan fingerprint density at radius 1 is 1.00 bits per heavy atom. The zero-order valence-corrected chi connectivity index (χ0v) is 17.5. The van der Waals surface area contributed by atoms with E-state index >= 15 is 0 Å². The van der Waals surface area contributed by atoms with Crippen molar-refractivity contribution in [1.82, 2.24) is 9.47 Å². The summed E-state index contributed by atoms with van der Waals surface area (Å²) in [5.41, 5.74) is 7.04. The van der Waals surface area contributed by atoms with Crippen molar-refractivity contribution in [1.29, 1.82) is 0 Å². The molecule has 0 spiro atoms. The van der Waals surface area contributed by atoms with E-state index in [1.165, 1.54) is 22.3 Å². The summed E-state index contributed by atoms with van der Waals surface area (Å²) in [7, 11) is 2.01. The summed E-state index contributed by atoms with van der Waals surface area (Å²) >= 11 is 0. The van der Waals surface area contributed by atoms with Crippen molar-refractivity contribution in [2.75, 3.05) is 6.54 Å². The lowest BCUT2D eigenvalue weighted by Crippen LogP contribution is -2.41. The van der Waals surface area contributed by atoms with Gasteiger partial charge in [-0.2, -0.15) is 0 Å². The molecule has 1 unspecified atom stereocenters. The van der Waals surface area contributed by atoms with Gasteiger partial charge < -0.3 is 9.47 Å². The summed E-state index contributed by atoms with van der Waals surface area (Å²) in [6.07, 6.45) is 3.71. The first-order valence-corrected chi connectivity index (χ1v) is 10.6. The van der Waals surface area contributed by atoms with E-state index in [-0.39, 0.29) is 11.9 Å². The van der Waals surface area contributed by atoms with Crippen LogP contribution in [0.15, 0.2) is 79.0 Å². The van der Waals surface area contributed by atoms with Crippen molar-refractivity contribution in [3.05, 3.63) is 107 Å². The molecular formula is C27H26N2O. The molecule has 0 saturated carbocycles. The lowest BCUT2D eigenvalue weighted by atomic mass is 9.88. The number of nitrogens with zero attached hydrogens (tertiary/aromatic N) is 2. The van der Waals surface area contributed by atoms with Crippen molar-refractivity contribution in [2.45, 2.75) is 25.8 Å². The normalized spacial score (nSPS) is 15.9. The number of aromatic nitrogens is 1. The average molecular weight is 395 g/mol. The van der Waals surface area contributed by atoms with E-state index in [1.807, 2.05) is 25.4 Å². The van der Waals surface area contributed by atoms with Gasteiger partial charge in [0.1, 0.15) is 0 Å². The van der Waals surface area contributed by atoms with Gasteiger partial charge in [0.15, 0.2) is 0 Å². The molecule has 150 valence electrons. The number of benzene rings is 3. The highest BCUT2D eigenvalue weighted by Gasteiger charge is 2.32. The van der Waals surface area contributed by atoms with Crippen LogP contribution in [-0.4, -0.2) is 21.9 Å². The Kier molecular flexibility index (Phi) is 4.66. The lowest BCUT2D eigenvalue weighted by Gasteiger charge is -2.37. The quantitative estimate of drug-likeness (QED) is 0.452. The van der Waals surface area contributed by atoms with E-state index in [0.717, 1.165) is 35.9 Å². The molecule has 30 heavy (non-hydrogen) atoms. The van der Waals surface area contributed by atoms with E-state index in [4.69, 9.17) is 0 Å². The van der Waals surface area contributed by atoms with Crippen LogP contribution < -0.4 is 0 Å². The molecule has 3 heteroatoms. The summed E-state index contributed by atoms with van der Waals surface area (Å²) in [6, 6.07) is 25.4. The number of carbonyl (C=O) groups is 1. The number of fused-ring (bicyclic) bond motifs is 2. The second-order valence-corrected chi connectivity index (χ2v) is 8.33. The highest BCUT2D eigenvalue weighted by molar-refractivity contribution is 6.07. The van der Waals surface area contributed by atoms with Gasteiger partial charge in [-0.25, -0.2) is 0 Å². The molecule has 0 bridgehead atoms. The third kappa shape index (κ3) is 3.21. The van der Waals surface area contributed by atoms with Gasteiger partial charge in [0, 0.05) is 30.7 Å². The molecule has 0 fully saturated rings. The van der Waals surface area contributed by atoms with Gasteiger partial charge in [-0.1, -0.05) is 72.3 Å². The van der Waals surface area contributed by atoms with Crippen LogP contribution in [0.25, 0.3) is 10.9 Å². The molecule has 1 atom stereocenters. The fraction of sp³-hybridized carbons (Fsp3) is 0.222. The highest BCUT2D eigenvalue weighted by Crippen LogP contribution is 2.35. The minimum atomic E-state index is 0.0446. The summed E-state index contributed by atoms with van der Waals surface area (Å²) < 4.78 is 2.05. The van der Waals surface area contributed by atoms with Crippen molar-refractivity contribution in [3.8, 4) is 0 Å². The Bertz CT molecular complexity index is 1240. The van der Waals surface area contributed by atoms with Gasteiger partial charge in [-0.3, -0.25) is 4.79 Å². The van der Waals surface area contributed by atoms with Crippen LogP contribution in [0.2, 0.25) is 0 Å². The molecule has 3 aromatic carbocycles. The first-order chi connectivity index (χ1) is 14.6. The number of carbonyl (C=O) groups excluding carboxylic acids is 1. The molecule has 5 rings (SSSR count). The standard InChI is InChI=1S/C27H26N2O/c1-19-8-7-9-20(16-19)17-26-22-11-4-3-10-21(22)14-15-29(26)27(30)24-18-28(2)25-13-6-5-12-23(24)25/h3-13,16,18,26H,14-15,17H2,1-2H3. The molecule has 4 aromatic rings. The van der Waals surface area contributed by atoms with Crippen molar-refractivity contribution < 1.29 is 4.79 Å². The fourth-order valence-electron chi connectivity index (χ4n) is 4.84. The number of para-hydroxylation sites is 1. The van der Waals surface area contributed by atoms with Crippen LogP contribution in [0.1, 0.15) is 38.7 Å². The third-order valence-corrected chi connectivity index (χ3v) is 6.31. The molecule has 1 aliphatic heterocycles. The third-order valence-electron chi connectivity index (χ3n) is 6.31. The van der Waals surface area contributed by atoms with E-state index < -0.39 is 0 Å². The summed E-state index contributed by atoms with van der Waals surface area (Å²) in [5, 5.41) is 1.03.